The van der Waals surface area contributed by atoms with Crippen molar-refractivity contribution < 1.29 is 22.4 Å². The first-order chi connectivity index (χ1) is 18.0. The van der Waals surface area contributed by atoms with Gasteiger partial charge in [0.05, 0.1) is 10.6 Å². The molecule has 202 valence electrons. The third kappa shape index (κ3) is 6.98. The van der Waals surface area contributed by atoms with Crippen LogP contribution in [-0.2, 0) is 26.2 Å². The van der Waals surface area contributed by atoms with Crippen LogP contribution in [0.5, 0.6) is 0 Å². The molecule has 0 aliphatic carbocycles. The van der Waals surface area contributed by atoms with Crippen LogP contribution in [-0.4, -0.2) is 43.8 Å². The molecule has 9 heteroatoms. The van der Waals surface area contributed by atoms with Gasteiger partial charge in [0.2, 0.25) is 11.8 Å². The lowest BCUT2D eigenvalue weighted by Crippen LogP contribution is -2.52. The quantitative estimate of drug-likeness (QED) is 0.384. The van der Waals surface area contributed by atoms with Crippen molar-refractivity contribution in [1.29, 1.82) is 0 Å². The zero-order chi connectivity index (χ0) is 27.9. The molecule has 0 heterocycles. The van der Waals surface area contributed by atoms with Crippen LogP contribution in [0.25, 0.3) is 0 Å². The largest absolute Gasteiger partial charge is 0.352 e. The van der Waals surface area contributed by atoms with Crippen LogP contribution >= 0.6 is 0 Å². The summed E-state index contributed by atoms with van der Waals surface area (Å²) in [5.41, 5.74) is 1.51. The summed E-state index contributed by atoms with van der Waals surface area (Å²) in [5.74, 6) is -1.78. The Kier molecular flexibility index (Phi) is 9.63. The van der Waals surface area contributed by atoms with Gasteiger partial charge in [0, 0.05) is 12.6 Å². The van der Waals surface area contributed by atoms with Gasteiger partial charge in [-0.15, -0.1) is 0 Å². The molecular formula is C29H34FN3O4S. The molecule has 0 unspecified atom stereocenters. The lowest BCUT2D eigenvalue weighted by Gasteiger charge is -2.32. The number of amides is 2. The summed E-state index contributed by atoms with van der Waals surface area (Å²) in [4.78, 5) is 28.1. The molecule has 0 aliphatic rings. The van der Waals surface area contributed by atoms with E-state index in [1.807, 2.05) is 45.0 Å². The van der Waals surface area contributed by atoms with Gasteiger partial charge in [-0.25, -0.2) is 12.8 Å². The standard InChI is InChI=1S/C29H34FN3O4S/c1-5-22(3)31-29(35)23(4)32(19-24-13-11-12-21(2)18-24)28(34)20-33(27-17-10-9-16-26(27)30)38(36,37)25-14-7-6-8-15-25/h6-18,22-23H,5,19-20H2,1-4H3,(H,31,35)/t22-,23+/m0/s1. The summed E-state index contributed by atoms with van der Waals surface area (Å²) in [6.07, 6.45) is 0.709. The molecule has 3 rings (SSSR count). The minimum atomic E-state index is -4.31. The maximum absolute atomic E-state index is 14.9. The molecule has 0 aliphatic heterocycles. The summed E-state index contributed by atoms with van der Waals surface area (Å²) in [6.45, 7) is 6.71. The third-order valence-electron chi connectivity index (χ3n) is 6.33. The average molecular weight is 540 g/mol. The molecule has 38 heavy (non-hydrogen) atoms. The fourth-order valence-corrected chi connectivity index (χ4v) is 5.39. The predicted molar refractivity (Wildman–Crippen MR) is 146 cm³/mol. The molecule has 2 atom stereocenters. The normalized spacial score (nSPS) is 12.9. The van der Waals surface area contributed by atoms with Crippen LogP contribution in [0, 0.1) is 12.7 Å². The summed E-state index contributed by atoms with van der Waals surface area (Å²) in [5, 5.41) is 2.89. The van der Waals surface area contributed by atoms with E-state index < -0.39 is 34.3 Å². The van der Waals surface area contributed by atoms with Gasteiger partial charge in [-0.1, -0.05) is 67.1 Å². The van der Waals surface area contributed by atoms with Crippen LogP contribution in [0.2, 0.25) is 0 Å². The Balaban J connectivity index is 2.03. The number of carbonyl (C=O) groups is 2. The van der Waals surface area contributed by atoms with Crippen molar-refractivity contribution in [3.05, 3.63) is 95.8 Å². The number of rotatable bonds is 11. The van der Waals surface area contributed by atoms with E-state index in [2.05, 4.69) is 5.32 Å². The van der Waals surface area contributed by atoms with Gasteiger partial charge in [-0.05, 0) is 57.0 Å². The van der Waals surface area contributed by atoms with Gasteiger partial charge in [0.15, 0.2) is 0 Å². The highest BCUT2D eigenvalue weighted by molar-refractivity contribution is 7.92. The first-order valence-corrected chi connectivity index (χ1v) is 14.0. The zero-order valence-corrected chi connectivity index (χ0v) is 22.9. The minimum Gasteiger partial charge on any atom is -0.352 e. The molecule has 3 aromatic rings. The second-order valence-corrected chi connectivity index (χ2v) is 11.1. The van der Waals surface area contributed by atoms with Gasteiger partial charge in [-0.2, -0.15) is 0 Å². The van der Waals surface area contributed by atoms with E-state index in [1.165, 1.54) is 35.2 Å². The molecule has 0 aromatic heterocycles. The van der Waals surface area contributed by atoms with E-state index in [0.717, 1.165) is 21.5 Å². The molecule has 2 amide bonds. The third-order valence-corrected chi connectivity index (χ3v) is 8.11. The summed E-state index contributed by atoms with van der Waals surface area (Å²) in [7, 11) is -4.31. The predicted octanol–water partition coefficient (Wildman–Crippen LogP) is 4.66. The number of anilines is 1. The molecule has 0 saturated heterocycles. The molecule has 0 fully saturated rings. The molecular weight excluding hydrogens is 505 g/mol. The maximum Gasteiger partial charge on any atom is 0.264 e. The first kappa shape index (κ1) is 28.8. The van der Waals surface area contributed by atoms with Crippen molar-refractivity contribution >= 4 is 27.5 Å². The van der Waals surface area contributed by atoms with Crippen LogP contribution < -0.4 is 9.62 Å². The molecule has 0 radical (unpaired) electrons. The van der Waals surface area contributed by atoms with Crippen molar-refractivity contribution in [2.45, 2.75) is 57.6 Å². The lowest BCUT2D eigenvalue weighted by molar-refractivity contribution is -0.139. The second kappa shape index (κ2) is 12.7. The monoisotopic (exact) mass is 539 g/mol. The Morgan fingerprint density at radius 1 is 0.947 bits per heavy atom. The van der Waals surface area contributed by atoms with E-state index in [4.69, 9.17) is 0 Å². The van der Waals surface area contributed by atoms with Crippen LogP contribution in [0.1, 0.15) is 38.3 Å². The van der Waals surface area contributed by atoms with Crippen molar-refractivity contribution in [3.63, 3.8) is 0 Å². The van der Waals surface area contributed by atoms with Crippen LogP contribution in [0.4, 0.5) is 10.1 Å². The molecule has 3 aromatic carbocycles. The SMILES string of the molecule is CC[C@H](C)NC(=O)[C@@H](C)N(Cc1cccc(C)c1)C(=O)CN(c1ccccc1F)S(=O)(=O)c1ccccc1. The maximum atomic E-state index is 14.9. The lowest BCUT2D eigenvalue weighted by atomic mass is 10.1. The summed E-state index contributed by atoms with van der Waals surface area (Å²) < 4.78 is 43.0. The van der Waals surface area contributed by atoms with E-state index >= 15 is 0 Å². The number of nitrogens with zero attached hydrogens (tertiary/aromatic N) is 2. The van der Waals surface area contributed by atoms with Gasteiger partial charge < -0.3 is 10.2 Å². The van der Waals surface area contributed by atoms with Gasteiger partial charge >= 0.3 is 0 Å². The van der Waals surface area contributed by atoms with Crippen molar-refractivity contribution in [3.8, 4) is 0 Å². The Morgan fingerprint density at radius 2 is 1.61 bits per heavy atom. The number of hydrogen-bond donors (Lipinski definition) is 1. The number of halogens is 1. The van der Waals surface area contributed by atoms with Crippen molar-refractivity contribution in [2.75, 3.05) is 10.8 Å². The Hall–Kier alpha value is -3.72. The Bertz CT molecular complexity index is 1370. The van der Waals surface area contributed by atoms with E-state index in [9.17, 15) is 22.4 Å². The van der Waals surface area contributed by atoms with Crippen molar-refractivity contribution in [1.82, 2.24) is 10.2 Å². The number of carbonyl (C=O) groups excluding carboxylic acids is 2. The zero-order valence-electron chi connectivity index (χ0n) is 22.1. The van der Waals surface area contributed by atoms with Gasteiger partial charge in [-0.3, -0.25) is 13.9 Å². The topological polar surface area (TPSA) is 86.8 Å². The number of hydrogen-bond acceptors (Lipinski definition) is 4. The van der Waals surface area contributed by atoms with Crippen molar-refractivity contribution in [2.24, 2.45) is 0 Å². The van der Waals surface area contributed by atoms with Gasteiger partial charge in [0.1, 0.15) is 18.4 Å². The molecule has 1 N–H and O–H groups in total. The molecule has 0 saturated carbocycles. The average Bonchev–Trinajstić information content (AvgIpc) is 2.90. The smallest absolute Gasteiger partial charge is 0.264 e. The Morgan fingerprint density at radius 3 is 2.24 bits per heavy atom. The van der Waals surface area contributed by atoms with Crippen LogP contribution in [0.3, 0.4) is 0 Å². The molecule has 0 spiro atoms. The molecule has 0 bridgehead atoms. The first-order valence-electron chi connectivity index (χ1n) is 12.5. The van der Waals surface area contributed by atoms with E-state index in [0.29, 0.717) is 6.42 Å². The van der Waals surface area contributed by atoms with Crippen LogP contribution in [0.15, 0.2) is 83.8 Å². The Labute approximate surface area is 224 Å². The van der Waals surface area contributed by atoms with Gasteiger partial charge in [0.25, 0.3) is 10.0 Å². The summed E-state index contributed by atoms with van der Waals surface area (Å²) >= 11 is 0. The minimum absolute atomic E-state index is 0.0755. The van der Waals surface area contributed by atoms with E-state index in [-0.39, 0.29) is 29.1 Å². The summed E-state index contributed by atoms with van der Waals surface area (Å²) in [6, 6.07) is 19.4. The van der Waals surface area contributed by atoms with E-state index in [1.54, 1.807) is 25.1 Å². The fraction of sp³-hybridized carbons (Fsp3) is 0.310. The number of sulfonamides is 1. The fourth-order valence-electron chi connectivity index (χ4n) is 3.94. The highest BCUT2D eigenvalue weighted by Crippen LogP contribution is 2.27. The number of para-hydroxylation sites is 1. The molecule has 7 nitrogen and oxygen atoms in total. The highest BCUT2D eigenvalue weighted by Gasteiger charge is 2.33. The number of aryl methyl sites for hydroxylation is 1. The highest BCUT2D eigenvalue weighted by atomic mass is 32.2. The second-order valence-electron chi connectivity index (χ2n) is 9.28. The number of nitrogens with one attached hydrogen (secondary N) is 1. The number of benzene rings is 3.